The van der Waals surface area contributed by atoms with E-state index in [4.69, 9.17) is 4.74 Å². The molecule has 5 heteroatoms. The first kappa shape index (κ1) is 12.3. The quantitative estimate of drug-likeness (QED) is 0.824. The lowest BCUT2D eigenvalue weighted by Crippen LogP contribution is -2.46. The minimum Gasteiger partial charge on any atom is -0.480 e. The molecular weight excluding hydrogens is 218 g/mol. The largest absolute Gasteiger partial charge is 0.480 e. The smallest absolute Gasteiger partial charge is 0.238 e. The number of aliphatic hydroxyl groups is 1. The third kappa shape index (κ3) is 2.25. The number of piperidine rings is 1. The zero-order chi connectivity index (χ0) is 12.5. The summed E-state index contributed by atoms with van der Waals surface area (Å²) in [6.07, 6.45) is 4.48. The molecule has 2 rings (SSSR count). The van der Waals surface area contributed by atoms with Crippen LogP contribution in [0.3, 0.4) is 0 Å². The summed E-state index contributed by atoms with van der Waals surface area (Å²) in [4.78, 5) is 10.6. The molecular formula is C12H19N3O2. The summed E-state index contributed by atoms with van der Waals surface area (Å²) in [5.74, 6) is 0.423. The lowest BCUT2D eigenvalue weighted by atomic mass is 9.84. The van der Waals surface area contributed by atoms with Gasteiger partial charge in [-0.05, 0) is 26.8 Å². The van der Waals surface area contributed by atoms with E-state index in [1.165, 1.54) is 0 Å². The minimum absolute atomic E-state index is 0.320. The molecule has 0 radical (unpaired) electrons. The number of nitrogens with zero attached hydrogens (tertiary/aromatic N) is 3. The molecule has 1 aromatic heterocycles. The molecule has 2 atom stereocenters. The number of hydrogen-bond donors (Lipinski definition) is 1. The van der Waals surface area contributed by atoms with E-state index < -0.39 is 5.60 Å². The average Bonchev–Trinajstić information content (AvgIpc) is 2.34. The van der Waals surface area contributed by atoms with Gasteiger partial charge in [-0.2, -0.15) is 0 Å². The van der Waals surface area contributed by atoms with Gasteiger partial charge >= 0.3 is 0 Å². The fourth-order valence-corrected chi connectivity index (χ4v) is 2.34. The summed E-state index contributed by atoms with van der Waals surface area (Å²) in [6.45, 7) is 2.95. The number of rotatable bonds is 2. The Kier molecular flexibility index (Phi) is 3.31. The van der Waals surface area contributed by atoms with Gasteiger partial charge in [0, 0.05) is 25.0 Å². The Hall–Kier alpha value is -1.20. The summed E-state index contributed by atoms with van der Waals surface area (Å²) in [5.41, 5.74) is -0.367. The highest BCUT2D eigenvalue weighted by molar-refractivity contribution is 5.25. The van der Waals surface area contributed by atoms with E-state index in [1.807, 2.05) is 0 Å². The maximum Gasteiger partial charge on any atom is 0.238 e. The Morgan fingerprint density at radius 2 is 2.18 bits per heavy atom. The Morgan fingerprint density at radius 3 is 2.82 bits per heavy atom. The van der Waals surface area contributed by atoms with Crippen LogP contribution < -0.4 is 4.74 Å². The standard InChI is InChI=1S/C12H19N3O2/c1-9-8-12(16,4-7-15(9)2)10-11(17-3)14-6-5-13-10/h5-6,9,16H,4,7-8H2,1-3H3. The predicted octanol–water partition coefficient (Wildman–Crippen LogP) is 0.787. The molecule has 17 heavy (non-hydrogen) atoms. The van der Waals surface area contributed by atoms with Crippen LogP contribution in [-0.4, -0.2) is 46.7 Å². The Labute approximate surface area is 101 Å². The van der Waals surface area contributed by atoms with E-state index in [9.17, 15) is 5.11 Å². The van der Waals surface area contributed by atoms with Gasteiger partial charge in [-0.3, -0.25) is 4.98 Å². The SMILES string of the molecule is COc1nccnc1C1(O)CCN(C)C(C)C1. The minimum atomic E-state index is -0.925. The van der Waals surface area contributed by atoms with Gasteiger partial charge in [0.1, 0.15) is 11.3 Å². The summed E-state index contributed by atoms with van der Waals surface area (Å²) in [5, 5.41) is 10.7. The first-order valence-electron chi connectivity index (χ1n) is 5.85. The Morgan fingerprint density at radius 1 is 1.47 bits per heavy atom. The van der Waals surface area contributed by atoms with Crippen molar-refractivity contribution in [2.45, 2.75) is 31.4 Å². The first-order valence-corrected chi connectivity index (χ1v) is 5.85. The molecule has 0 aliphatic carbocycles. The van der Waals surface area contributed by atoms with Gasteiger partial charge in [0.05, 0.1) is 7.11 Å². The van der Waals surface area contributed by atoms with Crippen LogP contribution >= 0.6 is 0 Å². The van der Waals surface area contributed by atoms with Crippen LogP contribution in [0.2, 0.25) is 0 Å². The van der Waals surface area contributed by atoms with Crippen molar-refractivity contribution in [2.24, 2.45) is 0 Å². The highest BCUT2D eigenvalue weighted by Gasteiger charge is 2.40. The third-order valence-corrected chi connectivity index (χ3v) is 3.56. The number of hydrogen-bond acceptors (Lipinski definition) is 5. The molecule has 2 heterocycles. The van der Waals surface area contributed by atoms with Gasteiger partial charge in [0.15, 0.2) is 0 Å². The van der Waals surface area contributed by atoms with Gasteiger partial charge in [0.25, 0.3) is 0 Å². The second-order valence-electron chi connectivity index (χ2n) is 4.73. The van der Waals surface area contributed by atoms with Gasteiger partial charge in [-0.1, -0.05) is 0 Å². The van der Waals surface area contributed by atoms with Gasteiger partial charge in [-0.25, -0.2) is 4.98 Å². The second kappa shape index (κ2) is 4.58. The number of aromatic nitrogens is 2. The topological polar surface area (TPSA) is 58.5 Å². The number of methoxy groups -OCH3 is 1. The van der Waals surface area contributed by atoms with Crippen LogP contribution in [0.25, 0.3) is 0 Å². The van der Waals surface area contributed by atoms with Crippen molar-refractivity contribution in [1.29, 1.82) is 0 Å². The molecule has 1 N–H and O–H groups in total. The summed E-state index contributed by atoms with van der Waals surface area (Å²) >= 11 is 0. The molecule has 1 aliphatic rings. The van der Waals surface area contributed by atoms with Crippen LogP contribution in [0, 0.1) is 0 Å². The van der Waals surface area contributed by atoms with Crippen LogP contribution in [0.15, 0.2) is 12.4 Å². The number of ether oxygens (including phenoxy) is 1. The highest BCUT2D eigenvalue weighted by Crippen LogP contribution is 2.37. The fraction of sp³-hybridized carbons (Fsp3) is 0.667. The maximum absolute atomic E-state index is 10.7. The van der Waals surface area contributed by atoms with Gasteiger partial charge in [-0.15, -0.1) is 0 Å². The van der Waals surface area contributed by atoms with Crippen molar-refractivity contribution in [3.05, 3.63) is 18.1 Å². The number of likely N-dealkylation sites (tertiary alicyclic amines) is 1. The van der Waals surface area contributed by atoms with Crippen molar-refractivity contribution >= 4 is 0 Å². The highest BCUT2D eigenvalue weighted by atomic mass is 16.5. The molecule has 94 valence electrons. The van der Waals surface area contributed by atoms with E-state index in [-0.39, 0.29) is 0 Å². The molecule has 5 nitrogen and oxygen atoms in total. The zero-order valence-electron chi connectivity index (χ0n) is 10.6. The lowest BCUT2D eigenvalue weighted by Gasteiger charge is -2.40. The Balaban J connectivity index is 2.32. The zero-order valence-corrected chi connectivity index (χ0v) is 10.6. The molecule has 0 saturated carbocycles. The summed E-state index contributed by atoms with van der Waals surface area (Å²) in [7, 11) is 3.62. The van der Waals surface area contributed by atoms with Crippen LogP contribution in [-0.2, 0) is 5.60 Å². The monoisotopic (exact) mass is 237 g/mol. The van der Waals surface area contributed by atoms with E-state index in [2.05, 4.69) is 28.8 Å². The second-order valence-corrected chi connectivity index (χ2v) is 4.73. The lowest BCUT2D eigenvalue weighted by molar-refractivity contribution is -0.0459. The van der Waals surface area contributed by atoms with Crippen molar-refractivity contribution in [1.82, 2.24) is 14.9 Å². The van der Waals surface area contributed by atoms with Crippen molar-refractivity contribution < 1.29 is 9.84 Å². The molecule has 1 saturated heterocycles. The maximum atomic E-state index is 10.7. The molecule has 1 aliphatic heterocycles. The average molecular weight is 237 g/mol. The van der Waals surface area contributed by atoms with E-state index in [0.29, 0.717) is 30.5 Å². The van der Waals surface area contributed by atoms with Crippen LogP contribution in [0.5, 0.6) is 5.88 Å². The predicted molar refractivity (Wildman–Crippen MR) is 63.8 cm³/mol. The summed E-state index contributed by atoms with van der Waals surface area (Å²) in [6, 6.07) is 0.320. The van der Waals surface area contributed by atoms with Crippen LogP contribution in [0.4, 0.5) is 0 Å². The van der Waals surface area contributed by atoms with E-state index in [1.54, 1.807) is 19.5 Å². The Bertz CT molecular complexity index is 399. The molecule has 0 bridgehead atoms. The van der Waals surface area contributed by atoms with E-state index >= 15 is 0 Å². The molecule has 2 unspecified atom stereocenters. The van der Waals surface area contributed by atoms with Crippen molar-refractivity contribution in [3.63, 3.8) is 0 Å². The third-order valence-electron chi connectivity index (χ3n) is 3.56. The van der Waals surface area contributed by atoms with Crippen molar-refractivity contribution in [2.75, 3.05) is 20.7 Å². The van der Waals surface area contributed by atoms with E-state index in [0.717, 1.165) is 6.54 Å². The van der Waals surface area contributed by atoms with Gasteiger partial charge < -0.3 is 14.7 Å². The molecule has 0 amide bonds. The van der Waals surface area contributed by atoms with Crippen molar-refractivity contribution in [3.8, 4) is 5.88 Å². The molecule has 1 aromatic rings. The molecule has 0 aromatic carbocycles. The van der Waals surface area contributed by atoms with Crippen LogP contribution in [0.1, 0.15) is 25.5 Å². The first-order chi connectivity index (χ1) is 8.07. The normalized spacial score (nSPS) is 30.2. The fourth-order valence-electron chi connectivity index (χ4n) is 2.34. The van der Waals surface area contributed by atoms with Gasteiger partial charge in [0.2, 0.25) is 5.88 Å². The summed E-state index contributed by atoms with van der Waals surface area (Å²) < 4.78 is 5.18. The molecule has 0 spiro atoms. The molecule has 1 fully saturated rings.